The zero-order chi connectivity index (χ0) is 45.9. The van der Waals surface area contributed by atoms with E-state index in [1.54, 1.807) is 12.2 Å². The van der Waals surface area contributed by atoms with Crippen LogP contribution < -0.4 is 5.32 Å². The van der Waals surface area contributed by atoms with Crippen LogP contribution in [0.1, 0.15) is 199 Å². The Kier molecular flexibility index (Phi) is 31.0. The first-order valence-electron chi connectivity index (χ1n) is 23.4. The van der Waals surface area contributed by atoms with Gasteiger partial charge < -0.3 is 5.32 Å². The largest absolute Gasteiger partial charge is 0.356 e. The Morgan fingerprint density at radius 2 is 1.49 bits per heavy atom. The minimum Gasteiger partial charge on any atom is -0.356 e. The number of aryl methyl sites for hydroxylation is 1. The third-order valence-electron chi connectivity index (χ3n) is 11.5. The van der Waals surface area contributed by atoms with Gasteiger partial charge in [-0.3, -0.25) is 9.79 Å². The monoisotopic (exact) mass is 817 g/mol. The van der Waals surface area contributed by atoms with Gasteiger partial charge in [0.25, 0.3) is 0 Å². The first-order chi connectivity index (χ1) is 27.7. The topological polar surface area (TPSA) is 41.5 Å². The van der Waals surface area contributed by atoms with E-state index in [4.69, 9.17) is 0 Å². The Bertz CT molecular complexity index is 1520. The molecule has 2 saturated carbocycles. The molecule has 0 spiro atoms. The molecule has 59 heavy (non-hydrogen) atoms. The van der Waals surface area contributed by atoms with Crippen LogP contribution in [0, 0.1) is 42.4 Å². The zero-order valence-corrected chi connectivity index (χ0v) is 41.8. The maximum atomic E-state index is 14.3. The number of nitrogens with one attached hydrogen (secondary N) is 1. The van der Waals surface area contributed by atoms with Crippen molar-refractivity contribution in [2.45, 2.75) is 194 Å². The molecular weight excluding hydrogens is 724 g/mol. The second kappa shape index (κ2) is 31.6. The van der Waals surface area contributed by atoms with Gasteiger partial charge in [-0.1, -0.05) is 159 Å². The molecule has 1 atom stereocenters. The molecule has 2 fully saturated rings. The Morgan fingerprint density at radius 3 is 1.90 bits per heavy atom. The maximum absolute atomic E-state index is 14.3. The fourth-order valence-electron chi connectivity index (χ4n) is 7.26. The molecule has 2 aliphatic rings. The molecule has 1 aromatic rings. The Morgan fingerprint density at radius 1 is 0.949 bits per heavy atom. The van der Waals surface area contributed by atoms with Crippen LogP contribution in [0.5, 0.6) is 0 Å². The lowest BCUT2D eigenvalue weighted by Crippen LogP contribution is -2.34. The van der Waals surface area contributed by atoms with E-state index in [0.717, 1.165) is 81.7 Å². The van der Waals surface area contributed by atoms with Crippen LogP contribution >= 0.6 is 0 Å². The van der Waals surface area contributed by atoms with Gasteiger partial charge in [0, 0.05) is 23.2 Å². The normalized spacial score (nSPS) is 20.4. The molecule has 0 aromatic heterocycles. The van der Waals surface area contributed by atoms with E-state index >= 15 is 0 Å². The number of carbonyl (C=O) groups is 1. The third-order valence-corrected chi connectivity index (χ3v) is 11.5. The number of ketones is 1. The third kappa shape index (κ3) is 22.2. The van der Waals surface area contributed by atoms with Crippen molar-refractivity contribution in [1.29, 1.82) is 0 Å². The van der Waals surface area contributed by atoms with Crippen LogP contribution in [0.2, 0.25) is 0 Å². The summed E-state index contributed by atoms with van der Waals surface area (Å²) in [5.74, 6) is 4.90. The van der Waals surface area contributed by atoms with Crippen LogP contribution in [0.3, 0.4) is 0 Å². The lowest BCUT2D eigenvalue weighted by molar-refractivity contribution is -0.127. The Labute approximate surface area is 366 Å². The summed E-state index contributed by atoms with van der Waals surface area (Å²) >= 11 is 0. The minimum absolute atomic E-state index is 0.0145. The van der Waals surface area contributed by atoms with Crippen LogP contribution in [0.4, 0.5) is 4.39 Å². The predicted molar refractivity (Wildman–Crippen MR) is 265 cm³/mol. The van der Waals surface area contributed by atoms with E-state index in [0.29, 0.717) is 5.70 Å². The summed E-state index contributed by atoms with van der Waals surface area (Å²) in [7, 11) is 0. The molecule has 0 radical (unpaired) electrons. The first kappa shape index (κ1) is 57.8. The number of halogens is 1. The molecule has 0 aliphatic heterocycles. The average Bonchev–Trinajstić information content (AvgIpc) is 3.20. The van der Waals surface area contributed by atoms with Gasteiger partial charge in [-0.25, -0.2) is 4.39 Å². The van der Waals surface area contributed by atoms with Gasteiger partial charge in [-0.2, -0.15) is 0 Å². The number of hydrogen-bond acceptors (Lipinski definition) is 3. The standard InChI is InChI=1S/C33H45FN2O.C9H18.C7H14.C4H10.C2H6/c1-12-16-30(29(34)15-4)36-26(9)25(8)31(35-19-13-2)21-23(6)27-17-18-28(24(7)20-27)33(10,11)32(37)22(5)14-3;1-3-9-6-4-8(2)5-7-9;1-3-7-4-6(2)5-7;1-4(2)3;1-2/h12,15-22,36H,4,6,13-14H2,1-3,5,7-11H3;8-9H,3-7H2,1-2H3;6-7H,3-5H2,1-2H3;4H,1-3H3;1-2H3/b16-12-,26-25+,30-29-,31-21+,35-19?;;;;. The number of Topliss-reactive ketones (excluding diaryl/α,β-unsaturated/α-hetero) is 1. The van der Waals surface area contributed by atoms with E-state index in [9.17, 15) is 9.18 Å². The number of benzene rings is 1. The van der Waals surface area contributed by atoms with E-state index in [1.807, 2.05) is 101 Å². The van der Waals surface area contributed by atoms with E-state index in [1.165, 1.54) is 57.4 Å². The van der Waals surface area contributed by atoms with Crippen molar-refractivity contribution in [3.05, 3.63) is 101 Å². The summed E-state index contributed by atoms with van der Waals surface area (Å²) in [4.78, 5) is 17.7. The average molecular weight is 817 g/mol. The van der Waals surface area contributed by atoms with Gasteiger partial charge in [-0.05, 0) is 143 Å². The fourth-order valence-corrected chi connectivity index (χ4v) is 7.26. The Hall–Kier alpha value is -3.27. The molecule has 3 rings (SSSR count). The second-order valence-electron chi connectivity index (χ2n) is 18.1. The van der Waals surface area contributed by atoms with Crippen molar-refractivity contribution in [3.63, 3.8) is 0 Å². The molecule has 1 N–H and O–H groups in total. The molecule has 336 valence electrons. The molecule has 0 saturated heterocycles. The number of rotatable bonds is 15. The van der Waals surface area contributed by atoms with Gasteiger partial charge >= 0.3 is 0 Å². The highest BCUT2D eigenvalue weighted by molar-refractivity contribution is 5.91. The smallest absolute Gasteiger partial charge is 0.146 e. The van der Waals surface area contributed by atoms with Gasteiger partial charge in [0.05, 0.1) is 11.4 Å². The summed E-state index contributed by atoms with van der Waals surface area (Å²) in [6.07, 6.45) is 21.8. The fraction of sp³-hybridized carbons (Fsp3) is 0.636. The number of allylic oxidation sites excluding steroid dienone is 8. The molecule has 1 aromatic carbocycles. The molecule has 4 heteroatoms. The van der Waals surface area contributed by atoms with Crippen molar-refractivity contribution >= 4 is 17.6 Å². The minimum atomic E-state index is -0.563. The second-order valence-corrected chi connectivity index (χ2v) is 18.1. The van der Waals surface area contributed by atoms with Gasteiger partial charge in [0.15, 0.2) is 0 Å². The summed E-state index contributed by atoms with van der Waals surface area (Å²) in [5.41, 5.74) is 6.02. The van der Waals surface area contributed by atoms with Crippen LogP contribution in [0.25, 0.3) is 5.57 Å². The lowest BCUT2D eigenvalue weighted by atomic mass is 9.73. The van der Waals surface area contributed by atoms with Gasteiger partial charge in [0.1, 0.15) is 11.6 Å². The predicted octanol–water partition coefficient (Wildman–Crippen LogP) is 17.4. The quantitative estimate of drug-likeness (QED) is 0.141. The zero-order valence-electron chi connectivity index (χ0n) is 41.8. The molecule has 0 heterocycles. The van der Waals surface area contributed by atoms with Crippen molar-refractivity contribution in [1.82, 2.24) is 5.32 Å². The molecule has 3 nitrogen and oxygen atoms in total. The SMILES string of the molecule is C=C/C(F)=C(\C=C/C)N/C(C)=C(C)/C(=C\C(=C)c1ccc(C(C)(C)C(=O)C(C)CC)c(C)c1)N=CCC.CC.CC(C)C.CCC1CC(C)C1.CCC1CCC(C)CC1. The summed E-state index contributed by atoms with van der Waals surface area (Å²) < 4.78 is 14.3. The number of aliphatic imine (C=N–C) groups is 1. The van der Waals surface area contributed by atoms with Crippen LogP contribution in [0.15, 0.2) is 89.1 Å². The number of nitrogens with zero attached hydrogens (tertiary/aromatic N) is 1. The summed E-state index contributed by atoms with van der Waals surface area (Å²) in [6, 6.07) is 6.14. The number of carbonyl (C=O) groups excluding carboxylic acids is 1. The highest BCUT2D eigenvalue weighted by atomic mass is 19.1. The highest BCUT2D eigenvalue weighted by Gasteiger charge is 2.33. The van der Waals surface area contributed by atoms with E-state index in [-0.39, 0.29) is 11.7 Å². The first-order valence-corrected chi connectivity index (χ1v) is 23.4. The molecule has 0 amide bonds. The lowest BCUT2D eigenvalue weighted by Gasteiger charge is -2.31. The van der Waals surface area contributed by atoms with E-state index in [2.05, 4.69) is 78.0 Å². The summed E-state index contributed by atoms with van der Waals surface area (Å²) in [5, 5.41) is 3.15. The van der Waals surface area contributed by atoms with Gasteiger partial charge in [0.2, 0.25) is 0 Å². The molecule has 1 unspecified atom stereocenters. The van der Waals surface area contributed by atoms with Crippen molar-refractivity contribution in [2.24, 2.45) is 40.5 Å². The van der Waals surface area contributed by atoms with Crippen molar-refractivity contribution in [3.8, 4) is 0 Å². The van der Waals surface area contributed by atoms with Crippen molar-refractivity contribution in [2.75, 3.05) is 0 Å². The van der Waals surface area contributed by atoms with Crippen molar-refractivity contribution < 1.29 is 9.18 Å². The Balaban J connectivity index is 0. The molecule has 0 bridgehead atoms. The van der Waals surface area contributed by atoms with E-state index < -0.39 is 11.2 Å². The molecular formula is C55H93FN2O. The maximum Gasteiger partial charge on any atom is 0.146 e. The van der Waals surface area contributed by atoms with Crippen LogP contribution in [-0.4, -0.2) is 12.0 Å². The highest BCUT2D eigenvalue weighted by Crippen LogP contribution is 2.35. The van der Waals surface area contributed by atoms with Gasteiger partial charge in [-0.15, -0.1) is 0 Å². The molecule has 2 aliphatic carbocycles. The number of hydrogen-bond donors (Lipinski definition) is 1. The van der Waals surface area contributed by atoms with Crippen LogP contribution in [-0.2, 0) is 10.2 Å². The summed E-state index contributed by atoms with van der Waals surface area (Å²) in [6.45, 7) is 45.4.